The molecule has 1 rings (SSSR count). The first kappa shape index (κ1) is 14.4. The average Bonchev–Trinajstić information content (AvgIpc) is 2.30. The molecule has 0 aliphatic rings. The van der Waals surface area contributed by atoms with Gasteiger partial charge in [-0.2, -0.15) is 0 Å². The van der Waals surface area contributed by atoms with Crippen LogP contribution in [0, 0.1) is 5.82 Å². The van der Waals surface area contributed by atoms with Gasteiger partial charge in [-0.3, -0.25) is 4.79 Å². The van der Waals surface area contributed by atoms with Crippen LogP contribution in [0.5, 0.6) is 0 Å². The van der Waals surface area contributed by atoms with Crippen LogP contribution in [0.1, 0.15) is 12.0 Å². The maximum Gasteiger partial charge on any atom is 0.306 e. The van der Waals surface area contributed by atoms with Crippen LogP contribution in [-0.4, -0.2) is 27.2 Å². The van der Waals surface area contributed by atoms with E-state index in [9.17, 15) is 17.6 Å². The second-order valence-electron chi connectivity index (χ2n) is 3.77. The van der Waals surface area contributed by atoms with Crippen LogP contribution in [0.25, 0.3) is 0 Å². The highest BCUT2D eigenvalue weighted by atomic mass is 32.2. The van der Waals surface area contributed by atoms with Gasteiger partial charge in [-0.15, -0.1) is 0 Å². The lowest BCUT2D eigenvalue weighted by Crippen LogP contribution is -2.14. The number of rotatable bonds is 5. The minimum Gasteiger partial charge on any atom is -0.469 e. The van der Waals surface area contributed by atoms with Gasteiger partial charge in [0, 0.05) is 11.3 Å². The van der Waals surface area contributed by atoms with Gasteiger partial charge in [0.05, 0.1) is 25.0 Å². The number of halogens is 1. The highest BCUT2D eigenvalue weighted by Crippen LogP contribution is 2.15. The Hall–Kier alpha value is -1.63. The van der Waals surface area contributed by atoms with Crippen molar-refractivity contribution in [1.82, 2.24) is 0 Å². The van der Waals surface area contributed by atoms with Gasteiger partial charge in [-0.1, -0.05) is 6.07 Å². The SMILES string of the molecule is COC(=O)CCS(=O)(=O)Cc1ccc(N)cc1F. The molecule has 1 aromatic rings. The summed E-state index contributed by atoms with van der Waals surface area (Å²) >= 11 is 0. The topological polar surface area (TPSA) is 86.5 Å². The molecule has 0 radical (unpaired) electrons. The predicted molar refractivity (Wildman–Crippen MR) is 64.9 cm³/mol. The lowest BCUT2D eigenvalue weighted by molar-refractivity contribution is -0.140. The molecule has 0 aliphatic carbocycles. The maximum absolute atomic E-state index is 13.4. The molecular formula is C11H14FNO4S. The molecule has 7 heteroatoms. The Kier molecular flexibility index (Phi) is 4.66. The minimum absolute atomic E-state index is 0.0362. The molecule has 0 bridgehead atoms. The van der Waals surface area contributed by atoms with E-state index in [1.807, 2.05) is 0 Å². The summed E-state index contributed by atoms with van der Waals surface area (Å²) in [5.41, 5.74) is 5.62. The summed E-state index contributed by atoms with van der Waals surface area (Å²) < 4.78 is 41.1. The van der Waals surface area contributed by atoms with Gasteiger partial charge < -0.3 is 10.5 Å². The van der Waals surface area contributed by atoms with Crippen LogP contribution in [0.2, 0.25) is 0 Å². The first-order valence-electron chi connectivity index (χ1n) is 5.15. The number of carbonyl (C=O) groups excluding carboxylic acids is 1. The standard InChI is InChI=1S/C11H14FNO4S/c1-17-11(14)4-5-18(15,16)7-8-2-3-9(13)6-10(8)12/h2-3,6H,4-5,7,13H2,1H3. The van der Waals surface area contributed by atoms with Crippen LogP contribution in [0.3, 0.4) is 0 Å². The number of nitrogens with two attached hydrogens (primary N) is 1. The van der Waals surface area contributed by atoms with Crippen molar-refractivity contribution in [3.8, 4) is 0 Å². The van der Waals surface area contributed by atoms with E-state index in [2.05, 4.69) is 4.74 Å². The highest BCUT2D eigenvalue weighted by molar-refractivity contribution is 7.90. The molecule has 0 unspecified atom stereocenters. The molecule has 2 N–H and O–H groups in total. The average molecular weight is 275 g/mol. The lowest BCUT2D eigenvalue weighted by Gasteiger charge is -2.05. The van der Waals surface area contributed by atoms with Gasteiger partial charge >= 0.3 is 5.97 Å². The zero-order valence-electron chi connectivity index (χ0n) is 9.85. The Morgan fingerprint density at radius 1 is 1.44 bits per heavy atom. The summed E-state index contributed by atoms with van der Waals surface area (Å²) in [6, 6.07) is 3.81. The maximum atomic E-state index is 13.4. The molecule has 0 spiro atoms. The fraction of sp³-hybridized carbons (Fsp3) is 0.364. The second-order valence-corrected chi connectivity index (χ2v) is 5.95. The molecule has 0 aromatic heterocycles. The van der Waals surface area contributed by atoms with Crippen LogP contribution in [-0.2, 0) is 25.1 Å². The molecule has 0 saturated carbocycles. The lowest BCUT2D eigenvalue weighted by atomic mass is 10.2. The van der Waals surface area contributed by atoms with Gasteiger partial charge in [-0.25, -0.2) is 12.8 Å². The van der Waals surface area contributed by atoms with Gasteiger partial charge in [-0.05, 0) is 12.1 Å². The Labute approximate surface area is 105 Å². The van der Waals surface area contributed by atoms with Crippen LogP contribution < -0.4 is 5.73 Å². The Balaban J connectivity index is 2.73. The number of anilines is 1. The van der Waals surface area contributed by atoms with Crippen molar-refractivity contribution in [2.75, 3.05) is 18.6 Å². The molecule has 0 saturated heterocycles. The summed E-state index contributed by atoms with van der Waals surface area (Å²) in [6.45, 7) is 0. The van der Waals surface area contributed by atoms with E-state index < -0.39 is 27.4 Å². The number of hydrogen-bond donors (Lipinski definition) is 1. The first-order chi connectivity index (χ1) is 8.34. The van der Waals surface area contributed by atoms with E-state index in [4.69, 9.17) is 5.73 Å². The third-order valence-corrected chi connectivity index (χ3v) is 3.87. The van der Waals surface area contributed by atoms with Crippen molar-refractivity contribution in [2.45, 2.75) is 12.2 Å². The number of esters is 1. The summed E-state index contributed by atoms with van der Waals surface area (Å²) in [5, 5.41) is 0. The van der Waals surface area contributed by atoms with Gasteiger partial charge in [0.15, 0.2) is 9.84 Å². The normalized spacial score (nSPS) is 11.2. The van der Waals surface area contributed by atoms with Crippen LogP contribution in [0.4, 0.5) is 10.1 Å². The summed E-state index contributed by atoms with van der Waals surface area (Å²) in [6.07, 6.45) is -0.241. The second kappa shape index (κ2) is 5.81. The van der Waals surface area contributed by atoms with E-state index in [1.165, 1.54) is 19.2 Å². The molecule has 0 aliphatic heterocycles. The number of hydrogen-bond acceptors (Lipinski definition) is 5. The number of carbonyl (C=O) groups is 1. The van der Waals surface area contributed by atoms with E-state index in [-0.39, 0.29) is 23.4 Å². The Morgan fingerprint density at radius 3 is 2.67 bits per heavy atom. The third kappa shape index (κ3) is 4.33. The third-order valence-electron chi connectivity index (χ3n) is 2.30. The van der Waals surface area contributed by atoms with E-state index >= 15 is 0 Å². The smallest absolute Gasteiger partial charge is 0.306 e. The number of methoxy groups -OCH3 is 1. The molecule has 18 heavy (non-hydrogen) atoms. The first-order valence-corrected chi connectivity index (χ1v) is 6.97. The monoisotopic (exact) mass is 275 g/mol. The Morgan fingerprint density at radius 2 is 2.11 bits per heavy atom. The molecule has 100 valence electrons. The zero-order chi connectivity index (χ0) is 13.8. The van der Waals surface area contributed by atoms with Crippen molar-refractivity contribution in [3.63, 3.8) is 0 Å². The van der Waals surface area contributed by atoms with E-state index in [0.29, 0.717) is 0 Å². The molecule has 0 fully saturated rings. The Bertz CT molecular complexity index is 542. The summed E-state index contributed by atoms with van der Waals surface area (Å²) in [4.78, 5) is 10.8. The van der Waals surface area contributed by atoms with Crippen molar-refractivity contribution in [1.29, 1.82) is 0 Å². The van der Waals surface area contributed by atoms with E-state index in [0.717, 1.165) is 6.07 Å². The quantitative estimate of drug-likeness (QED) is 0.637. The van der Waals surface area contributed by atoms with E-state index in [1.54, 1.807) is 0 Å². The van der Waals surface area contributed by atoms with Crippen LogP contribution in [0.15, 0.2) is 18.2 Å². The molecule has 1 aromatic carbocycles. The molecular weight excluding hydrogens is 261 g/mol. The largest absolute Gasteiger partial charge is 0.469 e. The van der Waals surface area contributed by atoms with Gasteiger partial charge in [0.2, 0.25) is 0 Å². The number of ether oxygens (including phenoxy) is 1. The highest BCUT2D eigenvalue weighted by Gasteiger charge is 2.17. The number of nitrogen functional groups attached to an aromatic ring is 1. The predicted octanol–water partition coefficient (Wildman–Crippen LogP) is 0.886. The van der Waals surface area contributed by atoms with Gasteiger partial charge in [0.25, 0.3) is 0 Å². The summed E-state index contributed by atoms with van der Waals surface area (Å²) in [5.74, 6) is -2.12. The van der Waals surface area contributed by atoms with Crippen LogP contribution >= 0.6 is 0 Å². The van der Waals surface area contributed by atoms with Gasteiger partial charge in [0.1, 0.15) is 5.82 Å². The molecule has 0 atom stereocenters. The number of benzene rings is 1. The molecule has 0 heterocycles. The summed E-state index contributed by atoms with van der Waals surface area (Å²) in [7, 11) is -2.38. The van der Waals surface area contributed by atoms with Crippen molar-refractivity contribution in [3.05, 3.63) is 29.6 Å². The number of sulfone groups is 1. The molecule has 0 amide bonds. The zero-order valence-corrected chi connectivity index (χ0v) is 10.7. The van der Waals surface area contributed by atoms with Crippen molar-refractivity contribution < 1.29 is 22.3 Å². The fourth-order valence-corrected chi connectivity index (χ4v) is 2.66. The minimum atomic E-state index is -3.56. The fourth-order valence-electron chi connectivity index (χ4n) is 1.33. The molecule has 5 nitrogen and oxygen atoms in total. The van der Waals surface area contributed by atoms with Crippen molar-refractivity contribution >= 4 is 21.5 Å². The van der Waals surface area contributed by atoms with Crippen molar-refractivity contribution in [2.24, 2.45) is 0 Å².